The maximum Gasteiger partial charge on any atom is -0.00141 e. The molecule has 0 N–H and O–H groups in total. The van der Waals surface area contributed by atoms with Crippen LogP contribution in [0.2, 0.25) is 0 Å². The summed E-state index contributed by atoms with van der Waals surface area (Å²) >= 11 is 0. The van der Waals surface area contributed by atoms with E-state index in [0.29, 0.717) is 0 Å². The summed E-state index contributed by atoms with van der Waals surface area (Å²) in [5.41, 5.74) is 12.9. The fraction of sp³-hybridized carbons (Fsp3) is 0. The van der Waals surface area contributed by atoms with E-state index < -0.39 is 0 Å². The van der Waals surface area contributed by atoms with Gasteiger partial charge in [-0.25, -0.2) is 0 Å². The van der Waals surface area contributed by atoms with Gasteiger partial charge >= 0.3 is 0 Å². The van der Waals surface area contributed by atoms with Gasteiger partial charge in [0, 0.05) is 0 Å². The number of hydrogen-bond donors (Lipinski definition) is 0. The minimum absolute atomic E-state index is 1.25. The first-order valence-corrected chi connectivity index (χ1v) is 14.6. The second-order valence-electron chi connectivity index (χ2n) is 11.2. The summed E-state index contributed by atoms with van der Waals surface area (Å²) in [4.78, 5) is 0. The molecule has 0 fully saturated rings. The highest BCUT2D eigenvalue weighted by molar-refractivity contribution is 6.20. The molecular formula is C42H26. The van der Waals surface area contributed by atoms with Crippen molar-refractivity contribution in [2.45, 2.75) is 0 Å². The second-order valence-corrected chi connectivity index (χ2v) is 11.2. The molecule has 0 atom stereocenters. The van der Waals surface area contributed by atoms with Crippen molar-refractivity contribution in [1.29, 1.82) is 0 Å². The topological polar surface area (TPSA) is 0 Å². The van der Waals surface area contributed by atoms with E-state index in [4.69, 9.17) is 0 Å². The van der Waals surface area contributed by atoms with Crippen LogP contribution in [0.15, 0.2) is 158 Å². The third-order valence-corrected chi connectivity index (χ3v) is 9.03. The Morgan fingerprint density at radius 3 is 1.43 bits per heavy atom. The maximum atomic E-state index is 2.35. The minimum atomic E-state index is 1.25. The normalized spacial score (nSPS) is 11.8. The third-order valence-electron chi connectivity index (χ3n) is 9.03. The van der Waals surface area contributed by atoms with E-state index in [9.17, 15) is 0 Å². The van der Waals surface area contributed by atoms with Crippen LogP contribution in [0.5, 0.6) is 0 Å². The smallest absolute Gasteiger partial charge is 0.00141 e. The van der Waals surface area contributed by atoms with E-state index in [-0.39, 0.29) is 0 Å². The maximum absolute atomic E-state index is 2.35. The lowest BCUT2D eigenvalue weighted by Gasteiger charge is -2.21. The average Bonchev–Trinajstić information content (AvgIpc) is 3.40. The summed E-state index contributed by atoms with van der Waals surface area (Å²) in [7, 11) is 0. The van der Waals surface area contributed by atoms with Crippen molar-refractivity contribution in [2.24, 2.45) is 0 Å². The van der Waals surface area contributed by atoms with Crippen LogP contribution in [0.25, 0.3) is 88.0 Å². The molecule has 0 heteroatoms. The van der Waals surface area contributed by atoms with Crippen molar-refractivity contribution in [3.63, 3.8) is 0 Å². The molecule has 194 valence electrons. The Kier molecular flexibility index (Phi) is 5.00. The van der Waals surface area contributed by atoms with Crippen LogP contribution in [0.1, 0.15) is 0 Å². The Hall–Kier alpha value is -5.46. The second kappa shape index (κ2) is 9.03. The first kappa shape index (κ1) is 23.3. The fourth-order valence-corrected chi connectivity index (χ4v) is 7.24. The van der Waals surface area contributed by atoms with Crippen molar-refractivity contribution < 1.29 is 0 Å². The van der Waals surface area contributed by atoms with E-state index in [0.717, 1.165) is 0 Å². The van der Waals surface area contributed by atoms with Gasteiger partial charge in [0.25, 0.3) is 0 Å². The molecule has 9 rings (SSSR count). The zero-order chi connectivity index (χ0) is 27.6. The van der Waals surface area contributed by atoms with Crippen molar-refractivity contribution in [3.05, 3.63) is 158 Å². The Balaban J connectivity index is 1.45. The standard InChI is InChI=1S/C42H26/c1-3-16-30-27(11-1)13-7-20-32(30)36-23-10-24-38(41(36)34-21-8-14-28-12-2-4-17-31(28)34)39-26-25-29-15-9-22-35-33-18-5-6-19-37(33)42(39)40(29)35/h1-26H. The largest absolute Gasteiger partial charge is 0.0616 e. The lowest BCUT2D eigenvalue weighted by molar-refractivity contribution is 1.59. The first-order valence-electron chi connectivity index (χ1n) is 14.6. The highest BCUT2D eigenvalue weighted by Crippen LogP contribution is 2.53. The van der Waals surface area contributed by atoms with Crippen LogP contribution >= 0.6 is 0 Å². The van der Waals surface area contributed by atoms with Crippen molar-refractivity contribution in [1.82, 2.24) is 0 Å². The Morgan fingerprint density at radius 1 is 0.214 bits per heavy atom. The number of fused-ring (bicyclic) bond motifs is 5. The van der Waals surface area contributed by atoms with Crippen LogP contribution in [0.4, 0.5) is 0 Å². The summed E-state index contributed by atoms with van der Waals surface area (Å²) in [6, 6.07) is 58.0. The SMILES string of the molecule is c1ccc2c(c1)-c1cccc3ccc(-c4cccc(-c5cccc6ccccc56)c4-c4cccc5ccccc45)c-2c13. The van der Waals surface area contributed by atoms with Gasteiger partial charge in [0.2, 0.25) is 0 Å². The molecule has 42 heavy (non-hydrogen) atoms. The average molecular weight is 531 g/mol. The highest BCUT2D eigenvalue weighted by Gasteiger charge is 2.26. The Morgan fingerprint density at radius 2 is 0.667 bits per heavy atom. The van der Waals surface area contributed by atoms with Gasteiger partial charge in [-0.05, 0) is 88.0 Å². The summed E-state index contributed by atoms with van der Waals surface area (Å²) in [6.45, 7) is 0. The number of rotatable bonds is 3. The predicted octanol–water partition coefficient (Wildman–Crippen LogP) is 11.8. The molecule has 0 radical (unpaired) electrons. The summed E-state index contributed by atoms with van der Waals surface area (Å²) < 4.78 is 0. The van der Waals surface area contributed by atoms with Gasteiger partial charge in [0.1, 0.15) is 0 Å². The van der Waals surface area contributed by atoms with Crippen LogP contribution < -0.4 is 0 Å². The third kappa shape index (κ3) is 3.30. The lowest BCUT2D eigenvalue weighted by atomic mass is 9.82. The summed E-state index contributed by atoms with van der Waals surface area (Å²) in [5.74, 6) is 0. The monoisotopic (exact) mass is 530 g/mol. The van der Waals surface area contributed by atoms with Crippen molar-refractivity contribution >= 4 is 32.3 Å². The van der Waals surface area contributed by atoms with E-state index in [1.165, 1.54) is 88.0 Å². The molecule has 8 aromatic rings. The quantitative estimate of drug-likeness (QED) is 0.213. The molecule has 0 nitrogen and oxygen atoms in total. The van der Waals surface area contributed by atoms with Crippen molar-refractivity contribution in [3.8, 4) is 55.6 Å². The van der Waals surface area contributed by atoms with Gasteiger partial charge in [-0.3, -0.25) is 0 Å². The van der Waals surface area contributed by atoms with E-state index in [1.807, 2.05) is 0 Å². The summed E-state index contributed by atoms with van der Waals surface area (Å²) in [6.07, 6.45) is 0. The van der Waals surface area contributed by atoms with Gasteiger partial charge in [-0.2, -0.15) is 0 Å². The molecule has 0 unspecified atom stereocenters. The fourth-order valence-electron chi connectivity index (χ4n) is 7.24. The molecule has 0 bridgehead atoms. The van der Waals surface area contributed by atoms with Gasteiger partial charge in [0.15, 0.2) is 0 Å². The van der Waals surface area contributed by atoms with Gasteiger partial charge in [-0.1, -0.05) is 158 Å². The Labute approximate surface area is 245 Å². The molecule has 0 amide bonds. The molecule has 1 aliphatic carbocycles. The number of hydrogen-bond acceptors (Lipinski definition) is 0. The van der Waals surface area contributed by atoms with E-state index in [1.54, 1.807) is 0 Å². The van der Waals surface area contributed by atoms with Gasteiger partial charge in [0.05, 0.1) is 0 Å². The molecular weight excluding hydrogens is 504 g/mol. The minimum Gasteiger partial charge on any atom is -0.0616 e. The van der Waals surface area contributed by atoms with Gasteiger partial charge in [-0.15, -0.1) is 0 Å². The Bertz CT molecular complexity index is 2340. The molecule has 0 heterocycles. The lowest BCUT2D eigenvalue weighted by Crippen LogP contribution is -1.94. The molecule has 1 aliphatic rings. The zero-order valence-electron chi connectivity index (χ0n) is 23.0. The van der Waals surface area contributed by atoms with Crippen molar-refractivity contribution in [2.75, 3.05) is 0 Å². The zero-order valence-corrected chi connectivity index (χ0v) is 23.0. The van der Waals surface area contributed by atoms with Crippen LogP contribution in [-0.4, -0.2) is 0 Å². The summed E-state index contributed by atoms with van der Waals surface area (Å²) in [5, 5.41) is 7.70. The predicted molar refractivity (Wildman–Crippen MR) is 180 cm³/mol. The first-order chi connectivity index (χ1) is 20.9. The molecule has 0 spiro atoms. The number of benzene rings is 8. The molecule has 8 aromatic carbocycles. The van der Waals surface area contributed by atoms with Crippen LogP contribution in [0.3, 0.4) is 0 Å². The van der Waals surface area contributed by atoms with Crippen LogP contribution in [-0.2, 0) is 0 Å². The molecule has 0 aliphatic heterocycles. The van der Waals surface area contributed by atoms with E-state index >= 15 is 0 Å². The molecule has 0 aromatic heterocycles. The molecule has 0 saturated carbocycles. The molecule has 0 saturated heterocycles. The van der Waals surface area contributed by atoms with Crippen LogP contribution in [0, 0.1) is 0 Å². The van der Waals surface area contributed by atoms with Gasteiger partial charge < -0.3 is 0 Å². The highest BCUT2D eigenvalue weighted by atomic mass is 14.3. The van der Waals surface area contributed by atoms with E-state index in [2.05, 4.69) is 158 Å².